The van der Waals surface area contributed by atoms with Gasteiger partial charge in [-0.05, 0) is 43.0 Å². The molecule has 0 radical (unpaired) electrons. The van der Waals surface area contributed by atoms with Crippen LogP contribution >= 0.6 is 0 Å². The molecule has 0 saturated heterocycles. The molecule has 1 aliphatic carbocycles. The highest BCUT2D eigenvalue weighted by Crippen LogP contribution is 2.23. The van der Waals surface area contributed by atoms with Crippen LogP contribution in [0.4, 0.5) is 0 Å². The van der Waals surface area contributed by atoms with E-state index < -0.39 is 11.9 Å². The number of carboxylic acids is 2. The minimum absolute atomic E-state index is 0.0421. The van der Waals surface area contributed by atoms with Crippen molar-refractivity contribution in [2.45, 2.75) is 38.6 Å². The number of carbonyl (C=O) groups is 3. The molecule has 0 aromatic heterocycles. The summed E-state index contributed by atoms with van der Waals surface area (Å²) in [5.41, 5.74) is 0. The molecule has 2 unspecified atom stereocenters. The second kappa shape index (κ2) is 11.0. The number of carboxylic acid groups (broad SMARTS) is 2. The van der Waals surface area contributed by atoms with Gasteiger partial charge in [0.25, 0.3) is 5.91 Å². The summed E-state index contributed by atoms with van der Waals surface area (Å²) in [6, 6.07) is 7.54. The van der Waals surface area contributed by atoms with Crippen LogP contribution in [0.25, 0.3) is 0 Å². The lowest BCUT2D eigenvalue weighted by Crippen LogP contribution is -2.43. The van der Waals surface area contributed by atoms with Crippen LogP contribution in [0, 0.1) is 5.92 Å². The van der Waals surface area contributed by atoms with Gasteiger partial charge in [0.1, 0.15) is 11.5 Å². The van der Waals surface area contributed by atoms with Crippen LogP contribution in [-0.2, 0) is 14.4 Å². The van der Waals surface area contributed by atoms with Crippen LogP contribution in [0.1, 0.15) is 32.6 Å². The van der Waals surface area contributed by atoms with Crippen molar-refractivity contribution in [3.05, 3.63) is 24.3 Å². The quantitative estimate of drug-likeness (QED) is 0.680. The average Bonchev–Trinajstić information content (AvgIpc) is 2.63. The highest BCUT2D eigenvalue weighted by Gasteiger charge is 2.22. The summed E-state index contributed by atoms with van der Waals surface area (Å²) < 4.78 is 10.5. The predicted octanol–water partition coefficient (Wildman–Crippen LogP) is 1.92. The van der Waals surface area contributed by atoms with Gasteiger partial charge in [0.2, 0.25) is 0 Å². The summed E-state index contributed by atoms with van der Waals surface area (Å²) in [4.78, 5) is 30.1. The molecule has 0 heterocycles. The number of nitrogens with one attached hydrogen (secondary N) is 1. The second-order valence-corrected chi connectivity index (χ2v) is 6.01. The second-order valence-electron chi connectivity index (χ2n) is 6.01. The average molecular weight is 367 g/mol. The lowest BCUT2D eigenvalue weighted by molar-refractivity contribution is -0.159. The van der Waals surface area contributed by atoms with E-state index >= 15 is 0 Å². The number of aliphatic carboxylic acids is 2. The Labute approximate surface area is 152 Å². The number of amides is 1. The zero-order valence-corrected chi connectivity index (χ0v) is 14.9. The van der Waals surface area contributed by atoms with Gasteiger partial charge in [0.05, 0.1) is 7.11 Å². The Balaban J connectivity index is 0.000000487. The van der Waals surface area contributed by atoms with E-state index in [1.807, 2.05) is 12.1 Å². The van der Waals surface area contributed by atoms with Gasteiger partial charge in [-0.3, -0.25) is 4.79 Å². The SMILES string of the molecule is COc1ccc(OCC(=O)NC2CCCCC2C)cc1.O=C(O)C(=O)O. The van der Waals surface area contributed by atoms with Gasteiger partial charge in [-0.1, -0.05) is 19.8 Å². The summed E-state index contributed by atoms with van der Waals surface area (Å²) in [5.74, 6) is -1.67. The number of methoxy groups -OCH3 is 1. The molecule has 1 saturated carbocycles. The largest absolute Gasteiger partial charge is 0.497 e. The zero-order valence-electron chi connectivity index (χ0n) is 14.9. The summed E-state index contributed by atoms with van der Waals surface area (Å²) in [5, 5.41) is 17.9. The molecule has 1 aliphatic rings. The number of ether oxygens (including phenoxy) is 2. The van der Waals surface area contributed by atoms with Crippen LogP contribution in [0.2, 0.25) is 0 Å². The molecule has 0 spiro atoms. The van der Waals surface area contributed by atoms with Crippen molar-refractivity contribution in [2.24, 2.45) is 5.92 Å². The molecule has 2 atom stereocenters. The first-order valence-electron chi connectivity index (χ1n) is 8.36. The third-order valence-corrected chi connectivity index (χ3v) is 4.07. The van der Waals surface area contributed by atoms with E-state index in [9.17, 15) is 4.79 Å². The first kappa shape index (κ1) is 21.3. The standard InChI is InChI=1S/C16H23NO3.C2H2O4/c1-12-5-3-4-6-15(12)17-16(18)11-20-14-9-7-13(19-2)8-10-14;3-1(4)2(5)6/h7-10,12,15H,3-6,11H2,1-2H3,(H,17,18);(H,3,4)(H,5,6). The number of benzene rings is 1. The predicted molar refractivity (Wildman–Crippen MR) is 93.3 cm³/mol. The molecule has 0 bridgehead atoms. The molecule has 1 fully saturated rings. The molecule has 1 aromatic rings. The van der Waals surface area contributed by atoms with Crippen LogP contribution in [0.3, 0.4) is 0 Å². The summed E-state index contributed by atoms with van der Waals surface area (Å²) in [6.07, 6.45) is 4.75. The fourth-order valence-electron chi connectivity index (χ4n) is 2.60. The molecular formula is C18H25NO7. The number of hydrogen-bond acceptors (Lipinski definition) is 5. The fraction of sp³-hybridized carbons (Fsp3) is 0.500. The van der Waals surface area contributed by atoms with Crippen molar-refractivity contribution in [1.29, 1.82) is 0 Å². The lowest BCUT2D eigenvalue weighted by Gasteiger charge is -2.29. The van der Waals surface area contributed by atoms with E-state index in [0.29, 0.717) is 17.7 Å². The fourth-order valence-corrected chi connectivity index (χ4v) is 2.60. The highest BCUT2D eigenvalue weighted by atomic mass is 16.5. The maximum atomic E-state index is 11.9. The molecule has 144 valence electrons. The van der Waals surface area contributed by atoms with Crippen molar-refractivity contribution in [1.82, 2.24) is 5.32 Å². The number of hydrogen-bond donors (Lipinski definition) is 3. The first-order chi connectivity index (χ1) is 12.3. The van der Waals surface area contributed by atoms with E-state index in [2.05, 4.69) is 12.2 Å². The van der Waals surface area contributed by atoms with Gasteiger partial charge in [-0.15, -0.1) is 0 Å². The Hall–Kier alpha value is -2.77. The van der Waals surface area contributed by atoms with Crippen LogP contribution < -0.4 is 14.8 Å². The summed E-state index contributed by atoms with van der Waals surface area (Å²) in [6.45, 7) is 2.27. The Bertz CT molecular complexity index is 588. The monoisotopic (exact) mass is 367 g/mol. The van der Waals surface area contributed by atoms with Gasteiger partial charge in [0.15, 0.2) is 6.61 Å². The van der Waals surface area contributed by atoms with Crippen LogP contribution in [-0.4, -0.2) is 47.8 Å². The molecule has 8 heteroatoms. The topological polar surface area (TPSA) is 122 Å². The molecule has 8 nitrogen and oxygen atoms in total. The summed E-state index contributed by atoms with van der Waals surface area (Å²) >= 11 is 0. The van der Waals surface area contributed by atoms with Crippen molar-refractivity contribution in [2.75, 3.05) is 13.7 Å². The van der Waals surface area contributed by atoms with Crippen molar-refractivity contribution < 1.29 is 34.1 Å². The van der Waals surface area contributed by atoms with Crippen molar-refractivity contribution >= 4 is 17.8 Å². The Kier molecular flexibility index (Phi) is 8.97. The molecule has 3 N–H and O–H groups in total. The van der Waals surface area contributed by atoms with E-state index in [-0.39, 0.29) is 12.5 Å². The van der Waals surface area contributed by atoms with Gasteiger partial charge >= 0.3 is 11.9 Å². The van der Waals surface area contributed by atoms with E-state index in [0.717, 1.165) is 12.2 Å². The number of carbonyl (C=O) groups excluding carboxylic acids is 1. The lowest BCUT2D eigenvalue weighted by atomic mass is 9.86. The van der Waals surface area contributed by atoms with E-state index in [4.69, 9.17) is 29.3 Å². The molecule has 1 amide bonds. The highest BCUT2D eigenvalue weighted by molar-refractivity contribution is 6.27. The van der Waals surface area contributed by atoms with Crippen LogP contribution in [0.5, 0.6) is 11.5 Å². The minimum Gasteiger partial charge on any atom is -0.497 e. The Morgan fingerprint density at radius 1 is 1.04 bits per heavy atom. The maximum Gasteiger partial charge on any atom is 0.414 e. The van der Waals surface area contributed by atoms with Crippen molar-refractivity contribution in [3.63, 3.8) is 0 Å². The van der Waals surface area contributed by atoms with Gasteiger partial charge in [-0.2, -0.15) is 0 Å². The van der Waals surface area contributed by atoms with E-state index in [1.54, 1.807) is 19.2 Å². The Morgan fingerprint density at radius 2 is 1.58 bits per heavy atom. The number of rotatable bonds is 5. The van der Waals surface area contributed by atoms with Gasteiger partial charge in [0, 0.05) is 6.04 Å². The van der Waals surface area contributed by atoms with E-state index in [1.165, 1.54) is 19.3 Å². The smallest absolute Gasteiger partial charge is 0.414 e. The molecule has 0 aliphatic heterocycles. The molecular weight excluding hydrogens is 342 g/mol. The van der Waals surface area contributed by atoms with Crippen LogP contribution in [0.15, 0.2) is 24.3 Å². The molecule has 26 heavy (non-hydrogen) atoms. The van der Waals surface area contributed by atoms with Gasteiger partial charge < -0.3 is 25.0 Å². The van der Waals surface area contributed by atoms with Crippen molar-refractivity contribution in [3.8, 4) is 11.5 Å². The molecule has 1 aromatic carbocycles. The summed E-state index contributed by atoms with van der Waals surface area (Å²) in [7, 11) is 1.62. The molecule has 2 rings (SSSR count). The Morgan fingerprint density at radius 3 is 2.08 bits per heavy atom. The third kappa shape index (κ3) is 7.87. The van der Waals surface area contributed by atoms with Gasteiger partial charge in [-0.25, -0.2) is 9.59 Å². The third-order valence-electron chi connectivity index (χ3n) is 4.07. The maximum absolute atomic E-state index is 11.9. The zero-order chi connectivity index (χ0) is 19.5. The normalized spacial score (nSPS) is 18.7. The minimum atomic E-state index is -1.82. The first-order valence-corrected chi connectivity index (χ1v) is 8.36.